The summed E-state index contributed by atoms with van der Waals surface area (Å²) in [4.78, 5) is 30.7. The number of carbonyl (C=O) groups is 2. The molecule has 2 aromatic heterocycles. The number of hydrogen-bond donors (Lipinski definition) is 2. The summed E-state index contributed by atoms with van der Waals surface area (Å²) >= 11 is 0. The number of rotatable bonds is 4. The maximum absolute atomic E-state index is 12.7. The van der Waals surface area contributed by atoms with Crippen LogP contribution in [0.1, 0.15) is 37.2 Å². The topological polar surface area (TPSA) is 91.0 Å². The molecule has 0 aromatic carbocycles. The Labute approximate surface area is 146 Å². The number of piperidine rings is 1. The van der Waals surface area contributed by atoms with Crippen LogP contribution < -0.4 is 5.32 Å². The van der Waals surface area contributed by atoms with Gasteiger partial charge >= 0.3 is 0 Å². The Morgan fingerprint density at radius 3 is 2.80 bits per heavy atom. The number of aromatic amines is 1. The van der Waals surface area contributed by atoms with Gasteiger partial charge in [0.05, 0.1) is 11.6 Å². The lowest BCUT2D eigenvalue weighted by atomic mass is 9.96. The summed E-state index contributed by atoms with van der Waals surface area (Å²) in [6, 6.07) is 5.54. The van der Waals surface area contributed by atoms with E-state index in [0.29, 0.717) is 24.5 Å². The summed E-state index contributed by atoms with van der Waals surface area (Å²) in [5.41, 5.74) is 2.05. The van der Waals surface area contributed by atoms with Gasteiger partial charge in [0.25, 0.3) is 5.91 Å². The Balaban J connectivity index is 1.68. The van der Waals surface area contributed by atoms with Crippen molar-refractivity contribution in [2.75, 3.05) is 13.1 Å². The molecule has 1 aliphatic rings. The number of nitrogens with zero attached hydrogens (tertiary/aromatic N) is 3. The first kappa shape index (κ1) is 17.1. The molecule has 1 aliphatic heterocycles. The fourth-order valence-electron chi connectivity index (χ4n) is 3.05. The van der Waals surface area contributed by atoms with E-state index >= 15 is 0 Å². The van der Waals surface area contributed by atoms with E-state index in [2.05, 4.69) is 20.5 Å². The van der Waals surface area contributed by atoms with Crippen molar-refractivity contribution in [3.05, 3.63) is 36.3 Å². The van der Waals surface area contributed by atoms with Crippen LogP contribution >= 0.6 is 0 Å². The molecule has 0 spiro atoms. The molecule has 2 amide bonds. The van der Waals surface area contributed by atoms with Gasteiger partial charge in [-0.05, 0) is 44.9 Å². The van der Waals surface area contributed by atoms with Crippen molar-refractivity contribution in [2.45, 2.75) is 32.7 Å². The molecule has 0 saturated carbocycles. The number of hydrogen-bond acceptors (Lipinski definition) is 4. The molecule has 25 heavy (non-hydrogen) atoms. The average Bonchev–Trinajstić information content (AvgIpc) is 3.11. The van der Waals surface area contributed by atoms with E-state index in [4.69, 9.17) is 0 Å². The number of pyridine rings is 1. The van der Waals surface area contributed by atoms with Crippen molar-refractivity contribution < 1.29 is 9.59 Å². The Hall–Kier alpha value is -2.70. The molecule has 132 valence electrons. The van der Waals surface area contributed by atoms with Gasteiger partial charge in [0.15, 0.2) is 0 Å². The molecule has 0 bridgehead atoms. The first-order chi connectivity index (χ1) is 12.0. The van der Waals surface area contributed by atoms with Crippen LogP contribution in [-0.4, -0.2) is 51.0 Å². The number of aromatic nitrogens is 3. The molecule has 2 aromatic rings. The molecular weight excluding hydrogens is 318 g/mol. The molecule has 1 atom stereocenters. The van der Waals surface area contributed by atoms with E-state index < -0.39 is 0 Å². The first-order valence-electron chi connectivity index (χ1n) is 8.60. The predicted molar refractivity (Wildman–Crippen MR) is 93.7 cm³/mol. The molecule has 1 unspecified atom stereocenters. The zero-order valence-corrected chi connectivity index (χ0v) is 14.5. The first-order valence-corrected chi connectivity index (χ1v) is 8.60. The van der Waals surface area contributed by atoms with Crippen LogP contribution in [0.15, 0.2) is 30.6 Å². The van der Waals surface area contributed by atoms with Crippen LogP contribution in [0.2, 0.25) is 0 Å². The SMILES string of the molecule is CC(C)NC(=O)C1CCCN(C(=O)c2cc(-c3ccncc3)n[nH]2)C1. The highest BCUT2D eigenvalue weighted by molar-refractivity contribution is 5.94. The molecular formula is C18H23N5O2. The minimum Gasteiger partial charge on any atom is -0.354 e. The van der Waals surface area contributed by atoms with Gasteiger partial charge in [-0.3, -0.25) is 19.7 Å². The highest BCUT2D eigenvalue weighted by Gasteiger charge is 2.29. The maximum atomic E-state index is 12.7. The smallest absolute Gasteiger partial charge is 0.271 e. The Morgan fingerprint density at radius 2 is 2.08 bits per heavy atom. The summed E-state index contributed by atoms with van der Waals surface area (Å²) < 4.78 is 0. The minimum atomic E-state index is -0.150. The van der Waals surface area contributed by atoms with Gasteiger partial charge in [0.1, 0.15) is 5.69 Å². The number of nitrogens with one attached hydrogen (secondary N) is 2. The van der Waals surface area contributed by atoms with Gasteiger partial charge in [0, 0.05) is 37.1 Å². The third kappa shape index (κ3) is 4.04. The zero-order chi connectivity index (χ0) is 17.8. The summed E-state index contributed by atoms with van der Waals surface area (Å²) in [5.74, 6) is -0.243. The highest BCUT2D eigenvalue weighted by Crippen LogP contribution is 2.21. The van der Waals surface area contributed by atoms with E-state index in [1.807, 2.05) is 26.0 Å². The molecule has 0 aliphatic carbocycles. The Bertz CT molecular complexity index is 741. The van der Waals surface area contributed by atoms with E-state index in [0.717, 1.165) is 18.4 Å². The lowest BCUT2D eigenvalue weighted by Gasteiger charge is -2.32. The van der Waals surface area contributed by atoms with Crippen molar-refractivity contribution in [2.24, 2.45) is 5.92 Å². The third-order valence-electron chi connectivity index (χ3n) is 4.29. The van der Waals surface area contributed by atoms with Gasteiger partial charge in [-0.25, -0.2) is 0 Å². The monoisotopic (exact) mass is 341 g/mol. The molecule has 3 rings (SSSR count). The molecule has 2 N–H and O–H groups in total. The second kappa shape index (κ2) is 7.46. The second-order valence-electron chi connectivity index (χ2n) is 6.66. The number of H-pyrrole nitrogens is 1. The lowest BCUT2D eigenvalue weighted by Crippen LogP contribution is -2.46. The number of amides is 2. The summed E-state index contributed by atoms with van der Waals surface area (Å²) in [5, 5.41) is 9.97. The highest BCUT2D eigenvalue weighted by atomic mass is 16.2. The summed E-state index contributed by atoms with van der Waals surface area (Å²) in [6.45, 7) is 4.98. The molecule has 1 fully saturated rings. The predicted octanol–water partition coefficient (Wildman–Crippen LogP) is 1.85. The Kier molecular flexibility index (Phi) is 5.11. The van der Waals surface area contributed by atoms with E-state index in [1.54, 1.807) is 23.4 Å². The number of carbonyl (C=O) groups excluding carboxylic acids is 2. The fourth-order valence-corrected chi connectivity index (χ4v) is 3.05. The lowest BCUT2D eigenvalue weighted by molar-refractivity contribution is -0.126. The maximum Gasteiger partial charge on any atom is 0.271 e. The normalized spacial score (nSPS) is 17.6. The summed E-state index contributed by atoms with van der Waals surface area (Å²) in [7, 11) is 0. The van der Waals surface area contributed by atoms with Crippen molar-refractivity contribution >= 4 is 11.8 Å². The van der Waals surface area contributed by atoms with Crippen LogP contribution in [0.3, 0.4) is 0 Å². The van der Waals surface area contributed by atoms with Crippen molar-refractivity contribution in [3.63, 3.8) is 0 Å². The molecule has 0 radical (unpaired) electrons. The number of likely N-dealkylation sites (tertiary alicyclic amines) is 1. The van der Waals surface area contributed by atoms with Crippen LogP contribution in [-0.2, 0) is 4.79 Å². The minimum absolute atomic E-state index is 0.0228. The standard InChI is InChI=1S/C18H23N5O2/c1-12(2)20-17(24)14-4-3-9-23(11-14)18(25)16-10-15(21-22-16)13-5-7-19-8-6-13/h5-8,10,12,14H,3-4,9,11H2,1-2H3,(H,20,24)(H,21,22). The van der Waals surface area contributed by atoms with E-state index in [1.165, 1.54) is 0 Å². The van der Waals surface area contributed by atoms with E-state index in [9.17, 15) is 9.59 Å². The molecule has 7 nitrogen and oxygen atoms in total. The fraction of sp³-hybridized carbons (Fsp3) is 0.444. The van der Waals surface area contributed by atoms with Crippen LogP contribution in [0.4, 0.5) is 0 Å². The summed E-state index contributed by atoms with van der Waals surface area (Å²) in [6.07, 6.45) is 5.02. The van der Waals surface area contributed by atoms with E-state index in [-0.39, 0.29) is 23.8 Å². The van der Waals surface area contributed by atoms with Crippen molar-refractivity contribution in [1.82, 2.24) is 25.4 Å². The van der Waals surface area contributed by atoms with Gasteiger partial charge in [-0.15, -0.1) is 0 Å². The Morgan fingerprint density at radius 1 is 1.32 bits per heavy atom. The van der Waals surface area contributed by atoms with Crippen LogP contribution in [0.25, 0.3) is 11.3 Å². The van der Waals surface area contributed by atoms with Gasteiger partial charge in [-0.2, -0.15) is 5.10 Å². The van der Waals surface area contributed by atoms with Gasteiger partial charge < -0.3 is 10.2 Å². The van der Waals surface area contributed by atoms with Crippen LogP contribution in [0.5, 0.6) is 0 Å². The van der Waals surface area contributed by atoms with Crippen molar-refractivity contribution in [3.8, 4) is 11.3 Å². The molecule has 1 saturated heterocycles. The average molecular weight is 341 g/mol. The van der Waals surface area contributed by atoms with Gasteiger partial charge in [0.2, 0.25) is 5.91 Å². The van der Waals surface area contributed by atoms with Gasteiger partial charge in [-0.1, -0.05) is 0 Å². The molecule has 3 heterocycles. The molecule has 7 heteroatoms. The van der Waals surface area contributed by atoms with Crippen LogP contribution in [0, 0.1) is 5.92 Å². The third-order valence-corrected chi connectivity index (χ3v) is 4.29. The second-order valence-corrected chi connectivity index (χ2v) is 6.66. The zero-order valence-electron chi connectivity index (χ0n) is 14.5. The largest absolute Gasteiger partial charge is 0.354 e. The quantitative estimate of drug-likeness (QED) is 0.888. The van der Waals surface area contributed by atoms with Crippen molar-refractivity contribution in [1.29, 1.82) is 0 Å².